The Bertz CT molecular complexity index is 620. The molecule has 8 nitrogen and oxygen atoms in total. The van der Waals surface area contributed by atoms with Crippen molar-refractivity contribution in [2.45, 2.75) is 13.0 Å². The lowest BCUT2D eigenvalue weighted by atomic mass is 10.3. The summed E-state index contributed by atoms with van der Waals surface area (Å²) in [5.41, 5.74) is 11.6. The average Bonchev–Trinajstić information content (AvgIpc) is 2.99. The molecule has 0 saturated carbocycles. The van der Waals surface area contributed by atoms with Crippen LogP contribution in [0.15, 0.2) is 17.6 Å². The summed E-state index contributed by atoms with van der Waals surface area (Å²) in [6.07, 6.45) is 2.27. The van der Waals surface area contributed by atoms with E-state index in [0.717, 1.165) is 5.69 Å². The van der Waals surface area contributed by atoms with Crippen molar-refractivity contribution in [2.24, 2.45) is 11.5 Å². The van der Waals surface area contributed by atoms with Crippen LogP contribution in [0.1, 0.15) is 16.1 Å². The first kappa shape index (κ1) is 14.2. The van der Waals surface area contributed by atoms with Gasteiger partial charge in [-0.15, -0.1) is 16.4 Å². The van der Waals surface area contributed by atoms with Crippen LogP contribution < -0.4 is 16.8 Å². The fourth-order valence-corrected chi connectivity index (χ4v) is 2.40. The third kappa shape index (κ3) is 3.39. The Morgan fingerprint density at radius 2 is 2.25 bits per heavy atom. The summed E-state index contributed by atoms with van der Waals surface area (Å²) in [6, 6.07) is 1.57. The van der Waals surface area contributed by atoms with Gasteiger partial charge in [0.1, 0.15) is 11.5 Å². The van der Waals surface area contributed by atoms with Crippen molar-refractivity contribution >= 4 is 28.2 Å². The van der Waals surface area contributed by atoms with Crippen LogP contribution in [0.3, 0.4) is 0 Å². The minimum absolute atomic E-state index is 0.00761. The van der Waals surface area contributed by atoms with E-state index < -0.39 is 5.91 Å². The fourth-order valence-electron chi connectivity index (χ4n) is 1.59. The number of hydrogen-bond donors (Lipinski definition) is 3. The quantitative estimate of drug-likeness (QED) is 0.666. The SMILES string of the molecule is NCCc1cn(CC(=O)Nc2sccc2C(N)=O)nn1. The first-order chi connectivity index (χ1) is 9.60. The Kier molecular flexibility index (Phi) is 4.43. The maximum Gasteiger partial charge on any atom is 0.251 e. The summed E-state index contributed by atoms with van der Waals surface area (Å²) in [7, 11) is 0. The smallest absolute Gasteiger partial charge is 0.251 e. The highest BCUT2D eigenvalue weighted by Gasteiger charge is 2.13. The highest BCUT2D eigenvalue weighted by atomic mass is 32.1. The molecule has 0 fully saturated rings. The van der Waals surface area contributed by atoms with Crippen LogP contribution in [0.2, 0.25) is 0 Å². The summed E-state index contributed by atoms with van der Waals surface area (Å²) >= 11 is 1.24. The van der Waals surface area contributed by atoms with Gasteiger partial charge < -0.3 is 16.8 Å². The van der Waals surface area contributed by atoms with Gasteiger partial charge in [0, 0.05) is 12.6 Å². The lowest BCUT2D eigenvalue weighted by Crippen LogP contribution is -2.21. The molecule has 0 aliphatic rings. The monoisotopic (exact) mass is 294 g/mol. The Morgan fingerprint density at radius 3 is 2.95 bits per heavy atom. The molecule has 0 aliphatic heterocycles. The van der Waals surface area contributed by atoms with E-state index in [1.165, 1.54) is 16.0 Å². The summed E-state index contributed by atoms with van der Waals surface area (Å²) < 4.78 is 1.41. The predicted octanol–water partition coefficient (Wildman–Crippen LogP) is -0.422. The topological polar surface area (TPSA) is 129 Å². The minimum atomic E-state index is -0.576. The highest BCUT2D eigenvalue weighted by molar-refractivity contribution is 7.14. The number of rotatable bonds is 6. The number of nitrogens with two attached hydrogens (primary N) is 2. The number of nitrogens with one attached hydrogen (secondary N) is 1. The second kappa shape index (κ2) is 6.26. The van der Waals surface area contributed by atoms with Gasteiger partial charge in [0.2, 0.25) is 5.91 Å². The number of carbonyl (C=O) groups excluding carboxylic acids is 2. The van der Waals surface area contributed by atoms with Gasteiger partial charge in [-0.1, -0.05) is 5.21 Å². The molecular formula is C11H14N6O2S. The van der Waals surface area contributed by atoms with Gasteiger partial charge in [0.15, 0.2) is 0 Å². The van der Waals surface area contributed by atoms with Gasteiger partial charge in [-0.2, -0.15) is 0 Å². The van der Waals surface area contributed by atoms with Crippen molar-refractivity contribution in [3.8, 4) is 0 Å². The lowest BCUT2D eigenvalue weighted by Gasteiger charge is -2.04. The second-order valence-electron chi connectivity index (χ2n) is 4.02. The zero-order chi connectivity index (χ0) is 14.5. The Morgan fingerprint density at radius 1 is 1.45 bits per heavy atom. The van der Waals surface area contributed by atoms with E-state index in [9.17, 15) is 9.59 Å². The molecule has 0 radical (unpaired) electrons. The van der Waals surface area contributed by atoms with Gasteiger partial charge in [-0.05, 0) is 18.0 Å². The van der Waals surface area contributed by atoms with Gasteiger partial charge in [-0.3, -0.25) is 9.59 Å². The first-order valence-electron chi connectivity index (χ1n) is 5.86. The predicted molar refractivity (Wildman–Crippen MR) is 74.2 cm³/mol. The highest BCUT2D eigenvalue weighted by Crippen LogP contribution is 2.22. The maximum absolute atomic E-state index is 11.9. The number of anilines is 1. The van der Waals surface area contributed by atoms with Crippen LogP contribution in [0.25, 0.3) is 0 Å². The van der Waals surface area contributed by atoms with Crippen LogP contribution in [-0.2, 0) is 17.8 Å². The molecule has 2 aromatic rings. The standard InChI is InChI=1S/C11H14N6O2S/c12-3-1-7-5-17(16-15-7)6-9(18)14-11-8(10(13)19)2-4-20-11/h2,4-5H,1,3,6,12H2,(H2,13,19)(H,14,18). The van der Waals surface area contributed by atoms with Crippen molar-refractivity contribution in [3.05, 3.63) is 28.9 Å². The average molecular weight is 294 g/mol. The molecule has 0 bridgehead atoms. The van der Waals surface area contributed by atoms with Gasteiger partial charge in [0.25, 0.3) is 5.91 Å². The molecule has 0 aliphatic carbocycles. The van der Waals surface area contributed by atoms with Crippen molar-refractivity contribution in [1.82, 2.24) is 15.0 Å². The molecule has 0 saturated heterocycles. The first-order valence-corrected chi connectivity index (χ1v) is 6.74. The molecule has 2 rings (SSSR count). The third-order valence-corrected chi connectivity index (χ3v) is 3.31. The Labute approximate surface area is 118 Å². The second-order valence-corrected chi connectivity index (χ2v) is 4.94. The molecule has 2 amide bonds. The van der Waals surface area contributed by atoms with Gasteiger partial charge in [-0.25, -0.2) is 4.68 Å². The van der Waals surface area contributed by atoms with E-state index >= 15 is 0 Å². The van der Waals surface area contributed by atoms with E-state index in [2.05, 4.69) is 15.6 Å². The summed E-state index contributed by atoms with van der Waals surface area (Å²) in [5.74, 6) is -0.883. The summed E-state index contributed by atoms with van der Waals surface area (Å²) in [6.45, 7) is 0.482. The van der Waals surface area contributed by atoms with Crippen molar-refractivity contribution in [3.63, 3.8) is 0 Å². The minimum Gasteiger partial charge on any atom is -0.366 e. The summed E-state index contributed by atoms with van der Waals surface area (Å²) in [5, 5.41) is 12.5. The molecule has 0 atom stereocenters. The van der Waals surface area contributed by atoms with Crippen LogP contribution in [-0.4, -0.2) is 33.4 Å². The molecule has 106 valence electrons. The largest absolute Gasteiger partial charge is 0.366 e. The normalized spacial score (nSPS) is 10.4. The molecule has 2 heterocycles. The number of carbonyl (C=O) groups is 2. The molecule has 5 N–H and O–H groups in total. The zero-order valence-electron chi connectivity index (χ0n) is 10.6. The third-order valence-electron chi connectivity index (χ3n) is 2.48. The molecule has 9 heteroatoms. The van der Waals surface area contributed by atoms with E-state index in [0.29, 0.717) is 23.5 Å². The van der Waals surface area contributed by atoms with Crippen LogP contribution in [0.4, 0.5) is 5.00 Å². The van der Waals surface area contributed by atoms with Crippen molar-refractivity contribution in [2.75, 3.05) is 11.9 Å². The van der Waals surface area contributed by atoms with Crippen LogP contribution >= 0.6 is 11.3 Å². The molecule has 0 aromatic carbocycles. The number of amides is 2. The van der Waals surface area contributed by atoms with E-state index in [1.54, 1.807) is 17.6 Å². The van der Waals surface area contributed by atoms with E-state index in [-0.39, 0.29) is 12.5 Å². The molecule has 0 unspecified atom stereocenters. The number of thiophene rings is 1. The van der Waals surface area contributed by atoms with Crippen LogP contribution in [0.5, 0.6) is 0 Å². The van der Waals surface area contributed by atoms with Crippen molar-refractivity contribution in [1.29, 1.82) is 0 Å². The fraction of sp³-hybridized carbons (Fsp3) is 0.273. The van der Waals surface area contributed by atoms with Gasteiger partial charge in [0.05, 0.1) is 11.3 Å². The number of primary amides is 1. The van der Waals surface area contributed by atoms with Crippen molar-refractivity contribution < 1.29 is 9.59 Å². The van der Waals surface area contributed by atoms with E-state index in [1.807, 2.05) is 0 Å². The van der Waals surface area contributed by atoms with Crippen LogP contribution in [0, 0.1) is 0 Å². The Hall–Kier alpha value is -2.26. The Balaban J connectivity index is 1.98. The molecule has 20 heavy (non-hydrogen) atoms. The summed E-state index contributed by atoms with van der Waals surface area (Å²) in [4.78, 5) is 23.0. The lowest BCUT2D eigenvalue weighted by molar-refractivity contribution is -0.116. The number of aromatic nitrogens is 3. The number of hydrogen-bond acceptors (Lipinski definition) is 6. The molecule has 0 spiro atoms. The maximum atomic E-state index is 11.9. The van der Waals surface area contributed by atoms with Gasteiger partial charge >= 0.3 is 0 Å². The van der Waals surface area contributed by atoms with E-state index in [4.69, 9.17) is 11.5 Å². The number of nitrogens with zero attached hydrogens (tertiary/aromatic N) is 3. The zero-order valence-corrected chi connectivity index (χ0v) is 11.4. The molecule has 2 aromatic heterocycles. The molecular weight excluding hydrogens is 280 g/mol.